The van der Waals surface area contributed by atoms with Crippen molar-refractivity contribution in [1.29, 1.82) is 0 Å². The average molecular weight is 563 g/mol. The Kier molecular flexibility index (Phi) is 8.39. The van der Waals surface area contributed by atoms with E-state index in [1.807, 2.05) is 72.8 Å². The second kappa shape index (κ2) is 12.5. The first-order valence-corrected chi connectivity index (χ1v) is 14.0. The Bertz CT molecular complexity index is 1500. The number of benzene rings is 5. The Morgan fingerprint density at radius 3 is 1.15 bits per heavy atom. The highest BCUT2D eigenvalue weighted by Gasteiger charge is 2.10. The van der Waals surface area contributed by atoms with Gasteiger partial charge >= 0.3 is 0 Å². The van der Waals surface area contributed by atoms with Gasteiger partial charge in [0.25, 0.3) is 11.8 Å². The summed E-state index contributed by atoms with van der Waals surface area (Å²) in [6.45, 7) is 0. The number of nitrogen functional groups attached to an aromatic ring is 2. The highest BCUT2D eigenvalue weighted by molar-refractivity contribution is 7.99. The number of rotatable bonds is 8. The minimum atomic E-state index is -0.235. The van der Waals surface area contributed by atoms with Crippen molar-refractivity contribution in [3.05, 3.63) is 132 Å². The van der Waals surface area contributed by atoms with Crippen LogP contribution in [0.25, 0.3) is 0 Å². The van der Waals surface area contributed by atoms with Crippen LogP contribution in [0.4, 0.5) is 22.7 Å². The van der Waals surface area contributed by atoms with Gasteiger partial charge in [0.1, 0.15) is 0 Å². The maximum Gasteiger partial charge on any atom is 0.255 e. The number of nitrogens with two attached hydrogens (primary N) is 2. The number of hydrogen-bond acceptors (Lipinski definition) is 6. The molecular formula is C32H26N4O2S2. The van der Waals surface area contributed by atoms with Crippen LogP contribution in [0.5, 0.6) is 0 Å². The van der Waals surface area contributed by atoms with Crippen LogP contribution < -0.4 is 22.1 Å². The number of carbonyl (C=O) groups excluding carboxylic acids is 2. The van der Waals surface area contributed by atoms with E-state index in [0.717, 1.165) is 31.0 Å². The van der Waals surface area contributed by atoms with Gasteiger partial charge in [-0.15, -0.1) is 0 Å². The van der Waals surface area contributed by atoms with Crippen LogP contribution in [-0.2, 0) is 0 Å². The Labute approximate surface area is 241 Å². The average Bonchev–Trinajstić information content (AvgIpc) is 2.96. The Balaban J connectivity index is 1.17. The van der Waals surface area contributed by atoms with Gasteiger partial charge in [-0.3, -0.25) is 9.59 Å². The van der Waals surface area contributed by atoms with Gasteiger partial charge < -0.3 is 22.1 Å². The molecule has 0 bridgehead atoms. The smallest absolute Gasteiger partial charge is 0.255 e. The van der Waals surface area contributed by atoms with E-state index in [1.165, 1.54) is 0 Å². The summed E-state index contributed by atoms with van der Waals surface area (Å²) in [6.07, 6.45) is 0. The molecule has 5 aromatic carbocycles. The maximum absolute atomic E-state index is 12.8. The summed E-state index contributed by atoms with van der Waals surface area (Å²) in [4.78, 5) is 29.8. The first-order chi connectivity index (χ1) is 19.4. The van der Waals surface area contributed by atoms with E-state index >= 15 is 0 Å². The molecule has 198 valence electrons. The van der Waals surface area contributed by atoms with Crippen LogP contribution in [0.15, 0.2) is 141 Å². The summed E-state index contributed by atoms with van der Waals surface area (Å²) in [5, 5.41) is 5.80. The van der Waals surface area contributed by atoms with Crippen molar-refractivity contribution in [1.82, 2.24) is 0 Å². The second-order valence-corrected chi connectivity index (χ2v) is 11.2. The zero-order valence-corrected chi connectivity index (χ0v) is 23.0. The van der Waals surface area contributed by atoms with Crippen LogP contribution >= 0.6 is 23.5 Å². The van der Waals surface area contributed by atoms with Crippen molar-refractivity contribution < 1.29 is 9.59 Å². The van der Waals surface area contributed by atoms with Crippen molar-refractivity contribution in [2.45, 2.75) is 19.6 Å². The molecule has 0 heterocycles. The van der Waals surface area contributed by atoms with Crippen molar-refractivity contribution in [2.24, 2.45) is 0 Å². The van der Waals surface area contributed by atoms with Gasteiger partial charge in [0.05, 0.1) is 0 Å². The van der Waals surface area contributed by atoms with Crippen molar-refractivity contribution in [3.8, 4) is 0 Å². The van der Waals surface area contributed by atoms with E-state index in [1.54, 1.807) is 72.1 Å². The molecule has 0 aliphatic rings. The predicted molar refractivity (Wildman–Crippen MR) is 165 cm³/mol. The van der Waals surface area contributed by atoms with Gasteiger partial charge in [0.15, 0.2) is 0 Å². The Morgan fingerprint density at radius 1 is 0.475 bits per heavy atom. The number of carbonyl (C=O) groups is 2. The van der Waals surface area contributed by atoms with Gasteiger partial charge in [-0.2, -0.15) is 0 Å². The molecule has 0 atom stereocenters. The lowest BCUT2D eigenvalue weighted by Crippen LogP contribution is -2.14. The first kappa shape index (κ1) is 26.9. The van der Waals surface area contributed by atoms with Crippen molar-refractivity contribution in [2.75, 3.05) is 22.1 Å². The Morgan fingerprint density at radius 2 is 0.800 bits per heavy atom. The summed E-state index contributed by atoms with van der Waals surface area (Å²) in [5.74, 6) is -0.469. The van der Waals surface area contributed by atoms with Crippen molar-refractivity contribution in [3.63, 3.8) is 0 Å². The highest BCUT2D eigenvalue weighted by Crippen LogP contribution is 2.30. The number of anilines is 4. The van der Waals surface area contributed by atoms with E-state index in [9.17, 15) is 9.59 Å². The topological polar surface area (TPSA) is 110 Å². The molecule has 8 heteroatoms. The molecule has 0 aliphatic carbocycles. The highest BCUT2D eigenvalue weighted by atomic mass is 32.2. The predicted octanol–water partition coefficient (Wildman–Crippen LogP) is 7.66. The van der Waals surface area contributed by atoms with Gasteiger partial charge in [-0.05, 0) is 115 Å². The van der Waals surface area contributed by atoms with E-state index in [2.05, 4.69) is 10.6 Å². The molecule has 5 rings (SSSR count). The quantitative estimate of drug-likeness (QED) is 0.145. The standard InChI is InChI=1S/C32H26N4O2S2/c33-23-8-16-29(17-9-23)39-27-12-4-21(5-13-27)31(37)35-25-2-1-3-26(20-25)36-32(38)22-6-14-28(15-7-22)40-30-18-10-24(34)11-19-30/h1-20H,33-34H2,(H,35,37)(H,36,38). The molecular weight excluding hydrogens is 537 g/mol. The van der Waals surface area contributed by atoms with Crippen LogP contribution in [-0.4, -0.2) is 11.8 Å². The number of hydrogen-bond donors (Lipinski definition) is 4. The lowest BCUT2D eigenvalue weighted by Gasteiger charge is -2.10. The third-order valence-corrected chi connectivity index (χ3v) is 7.87. The minimum Gasteiger partial charge on any atom is -0.399 e. The fraction of sp³-hybridized carbons (Fsp3) is 0. The van der Waals surface area contributed by atoms with E-state index in [-0.39, 0.29) is 11.8 Å². The minimum absolute atomic E-state index is 0.235. The molecule has 5 aromatic rings. The summed E-state index contributed by atoms with van der Waals surface area (Å²) in [7, 11) is 0. The third-order valence-electron chi connectivity index (χ3n) is 5.84. The fourth-order valence-electron chi connectivity index (χ4n) is 3.77. The van der Waals surface area contributed by atoms with E-state index in [4.69, 9.17) is 11.5 Å². The molecule has 0 aliphatic heterocycles. The first-order valence-electron chi connectivity index (χ1n) is 12.4. The van der Waals surface area contributed by atoms with E-state index in [0.29, 0.717) is 22.5 Å². The monoisotopic (exact) mass is 562 g/mol. The van der Waals surface area contributed by atoms with Crippen LogP contribution in [0.3, 0.4) is 0 Å². The van der Waals surface area contributed by atoms with Gasteiger partial charge in [0, 0.05) is 53.5 Å². The molecule has 2 amide bonds. The number of nitrogens with one attached hydrogen (secondary N) is 2. The zero-order chi connectivity index (χ0) is 27.9. The Hall–Kier alpha value is -4.66. The van der Waals surface area contributed by atoms with E-state index < -0.39 is 0 Å². The molecule has 40 heavy (non-hydrogen) atoms. The molecule has 0 unspecified atom stereocenters. The van der Waals surface area contributed by atoms with Gasteiger partial charge in [-0.25, -0.2) is 0 Å². The molecule has 0 spiro atoms. The molecule has 0 fully saturated rings. The molecule has 6 nitrogen and oxygen atoms in total. The van der Waals surface area contributed by atoms with Crippen LogP contribution in [0, 0.1) is 0 Å². The molecule has 0 radical (unpaired) electrons. The van der Waals surface area contributed by atoms with Crippen LogP contribution in [0.2, 0.25) is 0 Å². The largest absolute Gasteiger partial charge is 0.399 e. The van der Waals surface area contributed by atoms with Crippen LogP contribution in [0.1, 0.15) is 20.7 Å². The van der Waals surface area contributed by atoms with Crippen molar-refractivity contribution >= 4 is 58.1 Å². The zero-order valence-electron chi connectivity index (χ0n) is 21.3. The van der Waals surface area contributed by atoms with Gasteiger partial charge in [-0.1, -0.05) is 29.6 Å². The molecule has 0 saturated heterocycles. The van der Waals surface area contributed by atoms with Gasteiger partial charge in [0.2, 0.25) is 0 Å². The summed E-state index contributed by atoms with van der Waals surface area (Å²) < 4.78 is 0. The summed E-state index contributed by atoms with van der Waals surface area (Å²) in [6, 6.07) is 37.1. The maximum atomic E-state index is 12.8. The number of amides is 2. The molecule has 0 aromatic heterocycles. The molecule has 0 saturated carbocycles. The summed E-state index contributed by atoms with van der Waals surface area (Å²) in [5.41, 5.74) is 15.2. The normalized spacial score (nSPS) is 10.6. The summed E-state index contributed by atoms with van der Waals surface area (Å²) >= 11 is 3.19. The lowest BCUT2D eigenvalue weighted by atomic mass is 10.2. The fourth-order valence-corrected chi connectivity index (χ4v) is 5.41. The lowest BCUT2D eigenvalue weighted by molar-refractivity contribution is 0.101. The SMILES string of the molecule is Nc1ccc(Sc2ccc(C(=O)Nc3cccc(NC(=O)c4ccc(Sc5ccc(N)cc5)cc4)c3)cc2)cc1. The third kappa shape index (κ3) is 7.25. The second-order valence-electron chi connectivity index (χ2n) is 8.88. The molecule has 6 N–H and O–H groups in total.